The lowest BCUT2D eigenvalue weighted by Gasteiger charge is -2.28. The molecule has 2 N–H and O–H groups in total. The second-order valence-corrected chi connectivity index (χ2v) is 5.16. The first-order valence-electron chi connectivity index (χ1n) is 6.10. The van der Waals surface area contributed by atoms with Crippen LogP contribution in [0.4, 0.5) is 11.5 Å². The number of nitrogens with zero attached hydrogens (tertiary/aromatic N) is 2. The summed E-state index contributed by atoms with van der Waals surface area (Å²) in [6.45, 7) is 2.13. The molecule has 106 valence electrons. The van der Waals surface area contributed by atoms with Crippen LogP contribution in [0.5, 0.6) is 0 Å². The van der Waals surface area contributed by atoms with Crippen molar-refractivity contribution in [2.75, 3.05) is 36.8 Å². The van der Waals surface area contributed by atoms with E-state index in [1.807, 2.05) is 7.05 Å². The van der Waals surface area contributed by atoms with Gasteiger partial charge < -0.3 is 15.4 Å². The number of methoxy groups -OCH3 is 1. The normalized spacial score (nSPS) is 12.0. The fourth-order valence-electron chi connectivity index (χ4n) is 1.82. The molecule has 0 aliphatic rings. The molecule has 0 aliphatic heterocycles. The van der Waals surface area contributed by atoms with E-state index in [2.05, 4.69) is 23.1 Å². The van der Waals surface area contributed by atoms with E-state index in [0.29, 0.717) is 17.3 Å². The number of rotatable bonds is 6. The van der Waals surface area contributed by atoms with E-state index in [4.69, 9.17) is 10.5 Å². The van der Waals surface area contributed by atoms with E-state index < -0.39 is 5.97 Å². The Balaban J connectivity index is 3.03. The molecule has 1 heterocycles. The molecular formula is C13H21N3O2S. The van der Waals surface area contributed by atoms with E-state index in [9.17, 15) is 4.79 Å². The summed E-state index contributed by atoms with van der Waals surface area (Å²) < 4.78 is 4.72. The minimum Gasteiger partial charge on any atom is -0.465 e. The lowest BCUT2D eigenvalue weighted by atomic mass is 10.2. The summed E-state index contributed by atoms with van der Waals surface area (Å²) in [6.07, 6.45) is 4.59. The van der Waals surface area contributed by atoms with E-state index in [1.54, 1.807) is 17.8 Å². The molecule has 0 saturated carbocycles. The van der Waals surface area contributed by atoms with Crippen LogP contribution in [0, 0.1) is 0 Å². The van der Waals surface area contributed by atoms with Crippen molar-refractivity contribution in [2.45, 2.75) is 19.4 Å². The number of carbonyl (C=O) groups is 1. The average Bonchev–Trinajstić information content (AvgIpc) is 2.43. The van der Waals surface area contributed by atoms with Crippen molar-refractivity contribution in [3.63, 3.8) is 0 Å². The maximum atomic E-state index is 11.6. The van der Waals surface area contributed by atoms with Gasteiger partial charge in [-0.2, -0.15) is 11.8 Å². The van der Waals surface area contributed by atoms with Crippen LogP contribution in [0.3, 0.4) is 0 Å². The molecule has 0 aromatic carbocycles. The van der Waals surface area contributed by atoms with E-state index in [1.165, 1.54) is 13.3 Å². The van der Waals surface area contributed by atoms with Crippen LogP contribution in [0.1, 0.15) is 23.7 Å². The Morgan fingerprint density at radius 2 is 2.32 bits per heavy atom. The first-order valence-corrected chi connectivity index (χ1v) is 7.50. The van der Waals surface area contributed by atoms with Crippen LogP contribution in [-0.2, 0) is 4.74 Å². The molecule has 0 amide bonds. The summed E-state index contributed by atoms with van der Waals surface area (Å²) in [4.78, 5) is 18.0. The third kappa shape index (κ3) is 3.76. The van der Waals surface area contributed by atoms with E-state index >= 15 is 0 Å². The fraction of sp³-hybridized carbons (Fsp3) is 0.538. The van der Waals surface area contributed by atoms with Crippen molar-refractivity contribution in [3.05, 3.63) is 17.8 Å². The molecular weight excluding hydrogens is 262 g/mol. The molecule has 1 aromatic heterocycles. The highest BCUT2D eigenvalue weighted by atomic mass is 32.2. The van der Waals surface area contributed by atoms with Gasteiger partial charge in [-0.25, -0.2) is 9.78 Å². The minimum atomic E-state index is -0.438. The zero-order valence-electron chi connectivity index (χ0n) is 11.8. The van der Waals surface area contributed by atoms with Gasteiger partial charge in [0.05, 0.1) is 24.6 Å². The summed E-state index contributed by atoms with van der Waals surface area (Å²) in [5.41, 5.74) is 6.44. The number of thioether (sulfide) groups is 1. The van der Waals surface area contributed by atoms with Crippen molar-refractivity contribution in [3.8, 4) is 0 Å². The molecule has 0 aliphatic carbocycles. The van der Waals surface area contributed by atoms with Gasteiger partial charge in [-0.3, -0.25) is 0 Å². The predicted molar refractivity (Wildman–Crippen MR) is 80.9 cm³/mol. The number of hydrogen-bond donors (Lipinski definition) is 1. The maximum Gasteiger partial charge on any atom is 0.340 e. The number of hydrogen-bond acceptors (Lipinski definition) is 6. The van der Waals surface area contributed by atoms with Crippen molar-refractivity contribution >= 4 is 29.2 Å². The Morgan fingerprint density at radius 1 is 1.63 bits per heavy atom. The van der Waals surface area contributed by atoms with Crippen molar-refractivity contribution < 1.29 is 9.53 Å². The van der Waals surface area contributed by atoms with Gasteiger partial charge in [0, 0.05) is 18.8 Å². The number of nitrogen functional groups attached to an aromatic ring is 1. The van der Waals surface area contributed by atoms with Crippen molar-refractivity contribution in [2.24, 2.45) is 0 Å². The topological polar surface area (TPSA) is 68.5 Å². The molecule has 0 radical (unpaired) electrons. The lowest BCUT2D eigenvalue weighted by Crippen LogP contribution is -2.34. The highest BCUT2D eigenvalue weighted by Crippen LogP contribution is 2.21. The number of pyridine rings is 1. The Kier molecular flexibility index (Phi) is 5.95. The standard InChI is InChI=1S/C13H21N3O2S/c1-5-9(8-19-4)16(2)12-6-10(13(17)18-3)11(14)7-15-12/h6-7,9H,5,8,14H2,1-4H3. The van der Waals surface area contributed by atoms with Gasteiger partial charge >= 0.3 is 5.97 Å². The van der Waals surface area contributed by atoms with Crippen LogP contribution in [0.2, 0.25) is 0 Å². The summed E-state index contributed by atoms with van der Waals surface area (Å²) in [7, 11) is 3.32. The Hall–Kier alpha value is -1.43. The van der Waals surface area contributed by atoms with Crippen LogP contribution in [-0.4, -0.2) is 43.2 Å². The average molecular weight is 283 g/mol. The number of anilines is 2. The van der Waals surface area contributed by atoms with Crippen LogP contribution in [0.15, 0.2) is 12.3 Å². The van der Waals surface area contributed by atoms with E-state index in [-0.39, 0.29) is 0 Å². The second kappa shape index (κ2) is 7.23. The molecule has 1 aromatic rings. The van der Waals surface area contributed by atoms with Gasteiger partial charge in [-0.1, -0.05) is 6.92 Å². The molecule has 0 saturated heterocycles. The lowest BCUT2D eigenvalue weighted by molar-refractivity contribution is 0.0602. The monoisotopic (exact) mass is 283 g/mol. The molecule has 6 heteroatoms. The minimum absolute atomic E-state index is 0.335. The molecule has 0 bridgehead atoms. The van der Waals surface area contributed by atoms with Crippen LogP contribution < -0.4 is 10.6 Å². The van der Waals surface area contributed by atoms with Crippen LogP contribution in [0.25, 0.3) is 0 Å². The number of carbonyl (C=O) groups excluding carboxylic acids is 1. The van der Waals surface area contributed by atoms with Crippen molar-refractivity contribution in [1.29, 1.82) is 0 Å². The molecule has 19 heavy (non-hydrogen) atoms. The number of nitrogens with two attached hydrogens (primary N) is 1. The molecule has 1 atom stereocenters. The zero-order chi connectivity index (χ0) is 14.4. The Labute approximate surface area is 118 Å². The first-order chi connectivity index (χ1) is 9.04. The largest absolute Gasteiger partial charge is 0.465 e. The molecule has 0 spiro atoms. The zero-order valence-corrected chi connectivity index (χ0v) is 12.7. The summed E-state index contributed by atoms with van der Waals surface area (Å²) in [6, 6.07) is 2.06. The Morgan fingerprint density at radius 3 is 2.84 bits per heavy atom. The molecule has 0 fully saturated rings. The molecule has 5 nitrogen and oxygen atoms in total. The smallest absolute Gasteiger partial charge is 0.340 e. The third-order valence-corrected chi connectivity index (χ3v) is 3.78. The van der Waals surface area contributed by atoms with Crippen LogP contribution >= 0.6 is 11.8 Å². The van der Waals surface area contributed by atoms with Crippen molar-refractivity contribution in [1.82, 2.24) is 4.98 Å². The molecule has 1 rings (SSSR count). The Bertz CT molecular complexity index is 440. The summed E-state index contributed by atoms with van der Waals surface area (Å²) in [5.74, 6) is 1.30. The third-order valence-electron chi connectivity index (χ3n) is 3.07. The predicted octanol–water partition coefficient (Wildman–Crippen LogP) is 2.03. The SMILES string of the molecule is CCC(CSC)N(C)c1cc(C(=O)OC)c(N)cn1. The van der Waals surface area contributed by atoms with E-state index in [0.717, 1.165) is 18.0 Å². The summed E-state index contributed by atoms with van der Waals surface area (Å²) in [5, 5.41) is 0. The molecule has 1 unspecified atom stereocenters. The quantitative estimate of drug-likeness (QED) is 0.806. The van der Waals surface area contributed by atoms with Gasteiger partial charge in [0.15, 0.2) is 0 Å². The number of aromatic nitrogens is 1. The van der Waals surface area contributed by atoms with Gasteiger partial charge in [0.2, 0.25) is 0 Å². The summed E-state index contributed by atoms with van der Waals surface area (Å²) >= 11 is 1.79. The van der Waals surface area contributed by atoms with Gasteiger partial charge in [-0.15, -0.1) is 0 Å². The van der Waals surface area contributed by atoms with Gasteiger partial charge in [-0.05, 0) is 18.7 Å². The van der Waals surface area contributed by atoms with Gasteiger partial charge in [0.1, 0.15) is 5.82 Å². The number of ether oxygens (including phenoxy) is 1. The second-order valence-electron chi connectivity index (χ2n) is 4.25. The maximum absolute atomic E-state index is 11.6. The number of esters is 1. The first kappa shape index (κ1) is 15.6. The highest BCUT2D eigenvalue weighted by Gasteiger charge is 2.17. The highest BCUT2D eigenvalue weighted by molar-refractivity contribution is 7.98. The van der Waals surface area contributed by atoms with Gasteiger partial charge in [0.25, 0.3) is 0 Å². The fourth-order valence-corrected chi connectivity index (χ4v) is 2.66.